The van der Waals surface area contributed by atoms with Gasteiger partial charge in [0.1, 0.15) is 5.75 Å². The Morgan fingerprint density at radius 3 is 2.17 bits per heavy atom. The smallest absolute Gasteiger partial charge is 0.418 e. The van der Waals surface area contributed by atoms with Gasteiger partial charge in [0.2, 0.25) is 0 Å². The fourth-order valence-electron chi connectivity index (χ4n) is 3.35. The second kappa shape index (κ2) is 12.5. The molecule has 0 aliphatic carbocycles. The first-order valence-electron chi connectivity index (χ1n) is 11.4. The van der Waals surface area contributed by atoms with Gasteiger partial charge in [-0.25, -0.2) is 14.8 Å². The minimum atomic E-state index is -0.646. The van der Waals surface area contributed by atoms with E-state index in [1.54, 1.807) is 38.1 Å². The molecular formula is C26H31N5O4. The molecule has 1 aromatic heterocycles. The summed E-state index contributed by atoms with van der Waals surface area (Å²) < 4.78 is 10.2. The van der Waals surface area contributed by atoms with E-state index in [1.807, 2.05) is 37.3 Å². The van der Waals surface area contributed by atoms with Gasteiger partial charge < -0.3 is 19.7 Å². The summed E-state index contributed by atoms with van der Waals surface area (Å²) in [6, 6.07) is 16.6. The number of aryl methyl sites for hydroxylation is 2. The molecule has 4 rings (SSSR count). The predicted octanol–water partition coefficient (Wildman–Crippen LogP) is 4.01. The topological polar surface area (TPSA) is 106 Å². The number of rotatable bonds is 5. The minimum Gasteiger partial charge on any atom is -0.478 e. The van der Waals surface area contributed by atoms with Gasteiger partial charge in [-0.1, -0.05) is 18.2 Å². The highest BCUT2D eigenvalue weighted by Crippen LogP contribution is 2.21. The van der Waals surface area contributed by atoms with Crippen molar-refractivity contribution in [1.29, 1.82) is 0 Å². The molecule has 1 aliphatic heterocycles. The molecule has 35 heavy (non-hydrogen) atoms. The summed E-state index contributed by atoms with van der Waals surface area (Å²) in [6.45, 7) is 9.37. The molecular weight excluding hydrogens is 446 g/mol. The molecule has 2 N–H and O–H groups in total. The number of ether oxygens (including phenoxy) is 2. The maximum Gasteiger partial charge on any atom is 0.418 e. The van der Waals surface area contributed by atoms with E-state index in [9.17, 15) is 9.59 Å². The maximum absolute atomic E-state index is 11.8. The molecule has 184 valence electrons. The van der Waals surface area contributed by atoms with Crippen LogP contribution in [0.1, 0.15) is 28.7 Å². The standard InChI is InChI=1S/C14H15N3O3.C12H16N2O/c1-9-10(2)16-13(19-3)12(15-9)17-14(18)20-11-7-5-4-6-8-11;1-10(15)11-2-4-12(5-3-11)14-8-6-13-7-9-14/h4-8H,1-3H3,(H,15,17,18);2-5,13H,6-9H2,1H3. The van der Waals surface area contributed by atoms with Gasteiger partial charge in [-0.15, -0.1) is 0 Å². The van der Waals surface area contributed by atoms with E-state index in [-0.39, 0.29) is 17.5 Å². The number of carbonyl (C=O) groups is 2. The monoisotopic (exact) mass is 477 g/mol. The van der Waals surface area contributed by atoms with E-state index < -0.39 is 6.09 Å². The van der Waals surface area contributed by atoms with Gasteiger partial charge in [0.25, 0.3) is 5.88 Å². The van der Waals surface area contributed by atoms with Gasteiger partial charge in [0.15, 0.2) is 11.6 Å². The second-order valence-corrected chi connectivity index (χ2v) is 7.92. The number of aromatic nitrogens is 2. The molecule has 0 spiro atoms. The van der Waals surface area contributed by atoms with E-state index >= 15 is 0 Å². The number of para-hydroxylation sites is 1. The van der Waals surface area contributed by atoms with Gasteiger partial charge in [-0.3, -0.25) is 10.1 Å². The molecule has 2 aromatic carbocycles. The van der Waals surface area contributed by atoms with Gasteiger partial charge in [-0.05, 0) is 57.2 Å². The number of ketones is 1. The molecule has 0 unspecified atom stereocenters. The third-order valence-electron chi connectivity index (χ3n) is 5.40. The van der Waals surface area contributed by atoms with Crippen LogP contribution < -0.4 is 25.0 Å². The second-order valence-electron chi connectivity index (χ2n) is 7.92. The van der Waals surface area contributed by atoms with Crippen LogP contribution in [0.3, 0.4) is 0 Å². The highest BCUT2D eigenvalue weighted by atomic mass is 16.6. The Morgan fingerprint density at radius 2 is 1.57 bits per heavy atom. The Balaban J connectivity index is 0.000000203. The van der Waals surface area contributed by atoms with Crippen LogP contribution >= 0.6 is 0 Å². The number of anilines is 2. The number of hydrogen-bond acceptors (Lipinski definition) is 8. The van der Waals surface area contributed by atoms with Crippen LogP contribution in [0.4, 0.5) is 16.3 Å². The van der Waals surface area contributed by atoms with Crippen molar-refractivity contribution in [2.75, 3.05) is 43.5 Å². The van der Waals surface area contributed by atoms with Crippen molar-refractivity contribution in [1.82, 2.24) is 15.3 Å². The van der Waals surface area contributed by atoms with Crippen LogP contribution in [-0.4, -0.2) is 55.1 Å². The SMILES string of the molecule is CC(=O)c1ccc(N2CCNCC2)cc1.COc1nc(C)c(C)nc1NC(=O)Oc1ccccc1. The first kappa shape index (κ1) is 25.6. The summed E-state index contributed by atoms with van der Waals surface area (Å²) in [5, 5.41) is 5.84. The van der Waals surface area contributed by atoms with Crippen LogP contribution in [0, 0.1) is 13.8 Å². The summed E-state index contributed by atoms with van der Waals surface area (Å²) in [4.78, 5) is 33.7. The number of nitrogens with one attached hydrogen (secondary N) is 2. The highest BCUT2D eigenvalue weighted by Gasteiger charge is 2.14. The number of methoxy groups -OCH3 is 1. The summed E-state index contributed by atoms with van der Waals surface area (Å²) in [5.41, 5.74) is 3.44. The van der Waals surface area contributed by atoms with E-state index in [2.05, 4.69) is 25.5 Å². The van der Waals surface area contributed by atoms with E-state index in [0.29, 0.717) is 11.4 Å². The van der Waals surface area contributed by atoms with Crippen LogP contribution in [0.15, 0.2) is 54.6 Å². The molecule has 1 aliphatic rings. The zero-order valence-electron chi connectivity index (χ0n) is 20.5. The number of hydrogen-bond donors (Lipinski definition) is 2. The molecule has 9 nitrogen and oxygen atoms in total. The molecule has 1 fully saturated rings. The van der Waals surface area contributed by atoms with Crippen molar-refractivity contribution in [2.45, 2.75) is 20.8 Å². The van der Waals surface area contributed by atoms with E-state index in [1.165, 1.54) is 12.8 Å². The van der Waals surface area contributed by atoms with Crippen molar-refractivity contribution < 1.29 is 19.1 Å². The van der Waals surface area contributed by atoms with E-state index in [0.717, 1.165) is 37.4 Å². The Bertz CT molecular complexity index is 1130. The minimum absolute atomic E-state index is 0.127. The van der Waals surface area contributed by atoms with Crippen LogP contribution in [0.25, 0.3) is 0 Å². The van der Waals surface area contributed by atoms with E-state index in [4.69, 9.17) is 9.47 Å². The first-order valence-corrected chi connectivity index (χ1v) is 11.4. The zero-order chi connectivity index (χ0) is 25.2. The summed E-state index contributed by atoms with van der Waals surface area (Å²) in [6.07, 6.45) is -0.646. The molecule has 1 amide bonds. The van der Waals surface area contributed by atoms with Gasteiger partial charge in [0, 0.05) is 37.4 Å². The normalized spacial score (nSPS) is 12.7. The summed E-state index contributed by atoms with van der Waals surface area (Å²) in [5.74, 6) is 1.05. The lowest BCUT2D eigenvalue weighted by atomic mass is 10.1. The Hall–Kier alpha value is -3.98. The Morgan fingerprint density at radius 1 is 0.943 bits per heavy atom. The van der Waals surface area contributed by atoms with Crippen molar-refractivity contribution in [3.8, 4) is 11.6 Å². The number of amides is 1. The third kappa shape index (κ3) is 7.51. The lowest BCUT2D eigenvalue weighted by molar-refractivity contribution is 0.101. The average Bonchev–Trinajstić information content (AvgIpc) is 2.87. The summed E-state index contributed by atoms with van der Waals surface area (Å²) >= 11 is 0. The lowest BCUT2D eigenvalue weighted by Gasteiger charge is -2.29. The number of nitrogens with zero attached hydrogens (tertiary/aromatic N) is 3. The van der Waals surface area contributed by atoms with Crippen LogP contribution in [0.5, 0.6) is 11.6 Å². The molecule has 0 bridgehead atoms. The van der Waals surface area contributed by atoms with Gasteiger partial charge in [-0.2, -0.15) is 0 Å². The fraction of sp³-hybridized carbons (Fsp3) is 0.308. The number of carbonyl (C=O) groups excluding carboxylic acids is 2. The molecule has 9 heteroatoms. The molecule has 2 heterocycles. The van der Waals surface area contributed by atoms with Crippen molar-refractivity contribution in [3.05, 3.63) is 71.5 Å². The largest absolute Gasteiger partial charge is 0.478 e. The predicted molar refractivity (Wildman–Crippen MR) is 136 cm³/mol. The quantitative estimate of drug-likeness (QED) is 0.531. The van der Waals surface area contributed by atoms with Crippen molar-refractivity contribution in [2.24, 2.45) is 0 Å². The van der Waals surface area contributed by atoms with Crippen molar-refractivity contribution >= 4 is 23.4 Å². The summed E-state index contributed by atoms with van der Waals surface area (Å²) in [7, 11) is 1.46. The average molecular weight is 478 g/mol. The fourth-order valence-corrected chi connectivity index (χ4v) is 3.35. The molecule has 0 atom stereocenters. The number of piperazine rings is 1. The van der Waals surface area contributed by atoms with Gasteiger partial charge in [0.05, 0.1) is 18.5 Å². The molecule has 1 saturated heterocycles. The number of Topliss-reactive ketones (excluding diaryl/α,β-unsaturated/α-hetero) is 1. The van der Waals surface area contributed by atoms with Crippen LogP contribution in [0.2, 0.25) is 0 Å². The van der Waals surface area contributed by atoms with Gasteiger partial charge >= 0.3 is 6.09 Å². The lowest BCUT2D eigenvalue weighted by Crippen LogP contribution is -2.43. The molecule has 3 aromatic rings. The Labute approximate surface area is 205 Å². The van der Waals surface area contributed by atoms with Crippen LogP contribution in [-0.2, 0) is 0 Å². The highest BCUT2D eigenvalue weighted by molar-refractivity contribution is 5.94. The zero-order valence-corrected chi connectivity index (χ0v) is 20.5. The Kier molecular flexibility index (Phi) is 9.14. The molecule has 0 saturated carbocycles. The first-order chi connectivity index (χ1) is 16.9. The third-order valence-corrected chi connectivity index (χ3v) is 5.40. The maximum atomic E-state index is 11.8. The molecule has 0 radical (unpaired) electrons. The number of benzene rings is 2. The van der Waals surface area contributed by atoms with Crippen molar-refractivity contribution in [3.63, 3.8) is 0 Å².